The molecule has 10 heteroatoms. The van der Waals surface area contributed by atoms with Gasteiger partial charge in [0, 0.05) is 20.6 Å². The van der Waals surface area contributed by atoms with Crippen molar-refractivity contribution in [3.63, 3.8) is 0 Å². The number of nitrogens with one attached hydrogen (secondary N) is 2. The average molecular weight is 432 g/mol. The molecule has 0 aliphatic heterocycles. The topological polar surface area (TPSA) is 95.6 Å². The summed E-state index contributed by atoms with van der Waals surface area (Å²) in [5.74, 6) is 0. The number of rotatable bonds is 7. The lowest BCUT2D eigenvalue weighted by atomic mass is 10.2. The Labute approximate surface area is 165 Å². The van der Waals surface area contributed by atoms with Crippen LogP contribution in [0.2, 0.25) is 5.02 Å². The van der Waals surface area contributed by atoms with Gasteiger partial charge < -0.3 is 5.32 Å². The molecule has 0 aromatic heterocycles. The van der Waals surface area contributed by atoms with E-state index in [9.17, 15) is 16.8 Å². The number of hydrogen-bond donors (Lipinski definition) is 2. The Morgan fingerprint density at radius 2 is 1.67 bits per heavy atom. The Hall–Kier alpha value is -1.81. The molecule has 2 N–H and O–H groups in total. The number of halogens is 1. The smallest absolute Gasteiger partial charge is 0.263 e. The van der Waals surface area contributed by atoms with Gasteiger partial charge in [0.25, 0.3) is 10.0 Å². The van der Waals surface area contributed by atoms with Gasteiger partial charge in [0.1, 0.15) is 4.90 Å². The van der Waals surface area contributed by atoms with E-state index >= 15 is 0 Å². The highest BCUT2D eigenvalue weighted by Gasteiger charge is 2.23. The number of hydrogen-bond acceptors (Lipinski definition) is 5. The van der Waals surface area contributed by atoms with Gasteiger partial charge in [-0.3, -0.25) is 4.72 Å². The third-order valence-electron chi connectivity index (χ3n) is 3.76. The minimum Gasteiger partial charge on any atom is -0.384 e. The van der Waals surface area contributed by atoms with Crippen molar-refractivity contribution < 1.29 is 16.8 Å². The molecular weight excluding hydrogens is 410 g/mol. The summed E-state index contributed by atoms with van der Waals surface area (Å²) in [7, 11) is -4.92. The van der Waals surface area contributed by atoms with E-state index in [0.717, 1.165) is 9.87 Å². The highest BCUT2D eigenvalue weighted by Crippen LogP contribution is 2.30. The number of anilines is 2. The Bertz CT molecular complexity index is 1050. The molecule has 2 aromatic carbocycles. The molecule has 0 unspecified atom stereocenters. The van der Waals surface area contributed by atoms with E-state index in [1.165, 1.54) is 38.4 Å². The Morgan fingerprint density at radius 1 is 1.00 bits per heavy atom. The molecule has 0 aliphatic carbocycles. The SMILES string of the molecule is CCNc1ccc(S(=O)(=O)N(C)C)cc1NS(=O)(=O)c1ccc(C)cc1Cl. The van der Waals surface area contributed by atoms with Crippen LogP contribution in [-0.4, -0.2) is 41.8 Å². The van der Waals surface area contributed by atoms with Crippen molar-refractivity contribution in [1.29, 1.82) is 0 Å². The third-order valence-corrected chi connectivity index (χ3v) is 7.42. The maximum atomic E-state index is 12.8. The first-order valence-corrected chi connectivity index (χ1v) is 11.4. The monoisotopic (exact) mass is 431 g/mol. The first-order chi connectivity index (χ1) is 12.5. The zero-order chi connectivity index (χ0) is 20.4. The summed E-state index contributed by atoms with van der Waals surface area (Å²) in [6.07, 6.45) is 0. The second kappa shape index (κ2) is 8.05. The fourth-order valence-electron chi connectivity index (χ4n) is 2.35. The Balaban J connectivity index is 2.55. The quantitative estimate of drug-likeness (QED) is 0.702. The number of benzene rings is 2. The molecule has 0 radical (unpaired) electrons. The van der Waals surface area contributed by atoms with Gasteiger partial charge in [-0.05, 0) is 49.7 Å². The van der Waals surface area contributed by atoms with Crippen LogP contribution in [0.3, 0.4) is 0 Å². The van der Waals surface area contributed by atoms with E-state index in [-0.39, 0.29) is 20.5 Å². The summed E-state index contributed by atoms with van der Waals surface area (Å²) in [5.41, 5.74) is 1.41. The first kappa shape index (κ1) is 21.5. The van der Waals surface area contributed by atoms with Gasteiger partial charge in [-0.25, -0.2) is 21.1 Å². The number of sulfonamides is 2. The van der Waals surface area contributed by atoms with Gasteiger partial charge in [-0.15, -0.1) is 0 Å². The van der Waals surface area contributed by atoms with E-state index in [0.29, 0.717) is 12.2 Å². The molecule has 0 saturated carbocycles. The maximum absolute atomic E-state index is 12.8. The lowest BCUT2D eigenvalue weighted by molar-refractivity contribution is 0.521. The number of aryl methyl sites for hydroxylation is 1. The fourth-order valence-corrected chi connectivity index (χ4v) is 4.95. The molecule has 7 nitrogen and oxygen atoms in total. The van der Waals surface area contributed by atoms with Crippen LogP contribution < -0.4 is 10.0 Å². The van der Waals surface area contributed by atoms with E-state index < -0.39 is 20.0 Å². The summed E-state index contributed by atoms with van der Waals surface area (Å²) in [6.45, 7) is 4.17. The molecule has 2 rings (SSSR count). The van der Waals surface area contributed by atoms with Crippen LogP contribution in [0.1, 0.15) is 12.5 Å². The Kier molecular flexibility index (Phi) is 6.41. The molecule has 0 spiro atoms. The second-order valence-corrected chi connectivity index (χ2v) is 10.3. The maximum Gasteiger partial charge on any atom is 0.263 e. The van der Waals surface area contributed by atoms with Crippen LogP contribution in [-0.2, 0) is 20.0 Å². The molecule has 0 aliphatic rings. The van der Waals surface area contributed by atoms with Crippen molar-refractivity contribution in [1.82, 2.24) is 4.31 Å². The molecule has 2 aromatic rings. The van der Waals surface area contributed by atoms with Crippen molar-refractivity contribution in [2.24, 2.45) is 0 Å². The third kappa shape index (κ3) is 4.73. The molecular formula is C17H22ClN3O4S2. The first-order valence-electron chi connectivity index (χ1n) is 8.08. The van der Waals surface area contributed by atoms with Gasteiger partial charge >= 0.3 is 0 Å². The molecule has 0 saturated heterocycles. The van der Waals surface area contributed by atoms with Crippen molar-refractivity contribution in [2.75, 3.05) is 30.7 Å². The van der Waals surface area contributed by atoms with Crippen LogP contribution in [0.25, 0.3) is 0 Å². The minimum absolute atomic E-state index is 0.0261. The van der Waals surface area contributed by atoms with Crippen LogP contribution >= 0.6 is 11.6 Å². The second-order valence-electron chi connectivity index (χ2n) is 6.06. The van der Waals surface area contributed by atoms with E-state index in [1.807, 2.05) is 6.92 Å². The molecule has 0 bridgehead atoms. The molecule has 0 amide bonds. The predicted octanol–water partition coefficient (Wildman–Crippen LogP) is 3.13. The van der Waals surface area contributed by atoms with Gasteiger partial charge in [0.15, 0.2) is 0 Å². The van der Waals surface area contributed by atoms with Crippen LogP contribution in [0, 0.1) is 6.92 Å². The summed E-state index contributed by atoms with van der Waals surface area (Å²) in [4.78, 5) is -0.111. The van der Waals surface area contributed by atoms with Gasteiger partial charge in [-0.2, -0.15) is 0 Å². The zero-order valence-electron chi connectivity index (χ0n) is 15.4. The average Bonchev–Trinajstić information content (AvgIpc) is 2.55. The van der Waals surface area contributed by atoms with Crippen molar-refractivity contribution in [3.8, 4) is 0 Å². The van der Waals surface area contributed by atoms with Gasteiger partial charge in [0.2, 0.25) is 10.0 Å². The van der Waals surface area contributed by atoms with Crippen LogP contribution in [0.5, 0.6) is 0 Å². The molecule has 0 atom stereocenters. The fraction of sp³-hybridized carbons (Fsp3) is 0.294. The van der Waals surface area contributed by atoms with Gasteiger partial charge in [-0.1, -0.05) is 17.7 Å². The van der Waals surface area contributed by atoms with Crippen LogP contribution in [0.4, 0.5) is 11.4 Å². The lowest BCUT2D eigenvalue weighted by Crippen LogP contribution is -2.23. The molecule has 0 fully saturated rings. The largest absolute Gasteiger partial charge is 0.384 e. The summed E-state index contributed by atoms with van der Waals surface area (Å²) < 4.78 is 53.9. The standard InChI is InChI=1S/C17H22ClN3O4S2/c1-5-19-15-8-7-13(27(24,25)21(3)4)11-16(15)20-26(22,23)17-9-6-12(2)10-14(17)18/h6-11,19-20H,5H2,1-4H3. The minimum atomic E-state index is -4.01. The van der Waals surface area contributed by atoms with E-state index in [4.69, 9.17) is 11.6 Å². The highest BCUT2D eigenvalue weighted by atomic mass is 35.5. The molecule has 27 heavy (non-hydrogen) atoms. The normalized spacial score (nSPS) is 12.2. The molecule has 0 heterocycles. The van der Waals surface area contributed by atoms with Crippen molar-refractivity contribution in [3.05, 3.63) is 47.0 Å². The Morgan fingerprint density at radius 3 is 2.22 bits per heavy atom. The predicted molar refractivity (Wildman–Crippen MR) is 108 cm³/mol. The van der Waals surface area contributed by atoms with E-state index in [2.05, 4.69) is 10.0 Å². The number of nitrogens with zero attached hydrogens (tertiary/aromatic N) is 1. The summed E-state index contributed by atoms with van der Waals surface area (Å²) >= 11 is 6.09. The van der Waals surface area contributed by atoms with Crippen molar-refractivity contribution >= 4 is 43.0 Å². The van der Waals surface area contributed by atoms with Crippen molar-refractivity contribution in [2.45, 2.75) is 23.6 Å². The van der Waals surface area contributed by atoms with Gasteiger partial charge in [0.05, 0.1) is 21.3 Å². The summed E-state index contributed by atoms with van der Waals surface area (Å²) in [6, 6.07) is 8.82. The van der Waals surface area contributed by atoms with Crippen LogP contribution in [0.15, 0.2) is 46.2 Å². The summed E-state index contributed by atoms with van der Waals surface area (Å²) in [5, 5.41) is 3.10. The zero-order valence-corrected chi connectivity index (χ0v) is 17.8. The highest BCUT2D eigenvalue weighted by molar-refractivity contribution is 7.93. The lowest BCUT2D eigenvalue weighted by Gasteiger charge is -2.17. The van der Waals surface area contributed by atoms with E-state index in [1.54, 1.807) is 19.1 Å². The molecule has 148 valence electrons.